The Balaban J connectivity index is 1.87. The highest BCUT2D eigenvalue weighted by atomic mass is 35.5. The average Bonchev–Trinajstić information content (AvgIpc) is 3.43. The second-order valence-electron chi connectivity index (χ2n) is 6.45. The van der Waals surface area contributed by atoms with Crippen molar-refractivity contribution in [3.63, 3.8) is 0 Å². The molecule has 1 saturated heterocycles. The van der Waals surface area contributed by atoms with Crippen molar-refractivity contribution in [2.24, 2.45) is 0 Å². The molecule has 1 fully saturated rings. The minimum atomic E-state index is -1.61. The highest BCUT2D eigenvalue weighted by Gasteiger charge is 2.33. The standard InChI is InChI=1S/C19H18Cl2N2O3/c1-19(26,17-14(20)6-7-15(21)18(17)22-11-24)10-16(25)12-2-4-13(5-3-12)23-8-9-23/h2-7,11,26H,8-10H2,1H3,(H,22,24). The second kappa shape index (κ2) is 7.27. The van der Waals surface area contributed by atoms with Gasteiger partial charge in [0.1, 0.15) is 0 Å². The highest BCUT2D eigenvalue weighted by molar-refractivity contribution is 6.36. The Hall–Kier alpha value is -2.08. The minimum absolute atomic E-state index is 0.198. The lowest BCUT2D eigenvalue weighted by atomic mass is 9.87. The topological polar surface area (TPSA) is 69.4 Å². The number of rotatable bonds is 7. The molecule has 0 aromatic heterocycles. The van der Waals surface area contributed by atoms with Crippen molar-refractivity contribution < 1.29 is 14.7 Å². The predicted molar refractivity (Wildman–Crippen MR) is 103 cm³/mol. The third-order valence-corrected chi connectivity index (χ3v) is 4.98. The second-order valence-corrected chi connectivity index (χ2v) is 7.26. The number of carbonyl (C=O) groups is 2. The van der Waals surface area contributed by atoms with Crippen LogP contribution in [0.2, 0.25) is 10.0 Å². The molecule has 2 N–H and O–H groups in total. The summed E-state index contributed by atoms with van der Waals surface area (Å²) in [5, 5.41) is 13.9. The quantitative estimate of drug-likeness (QED) is 0.426. The highest BCUT2D eigenvalue weighted by Crippen LogP contribution is 2.41. The van der Waals surface area contributed by atoms with Gasteiger partial charge in [0.05, 0.1) is 16.3 Å². The first-order valence-electron chi connectivity index (χ1n) is 8.13. The molecule has 1 aliphatic rings. The van der Waals surface area contributed by atoms with Crippen molar-refractivity contribution in [2.75, 3.05) is 23.3 Å². The number of aliphatic hydroxyl groups is 1. The largest absolute Gasteiger partial charge is 0.385 e. The summed E-state index contributed by atoms with van der Waals surface area (Å²) in [6.07, 6.45) is 0.245. The molecule has 7 heteroatoms. The van der Waals surface area contributed by atoms with Gasteiger partial charge in [0.15, 0.2) is 5.78 Å². The van der Waals surface area contributed by atoms with Gasteiger partial charge in [-0.2, -0.15) is 0 Å². The maximum Gasteiger partial charge on any atom is 0.211 e. The number of halogens is 2. The van der Waals surface area contributed by atoms with Gasteiger partial charge in [0, 0.05) is 41.3 Å². The van der Waals surface area contributed by atoms with Gasteiger partial charge >= 0.3 is 0 Å². The SMILES string of the molecule is CC(O)(CC(=O)c1ccc(N2CC2)cc1)c1c(Cl)ccc(Cl)c1NC=O. The van der Waals surface area contributed by atoms with Crippen LogP contribution in [0.1, 0.15) is 29.3 Å². The molecular formula is C19H18Cl2N2O3. The van der Waals surface area contributed by atoms with Crippen LogP contribution in [-0.4, -0.2) is 30.4 Å². The zero-order valence-corrected chi connectivity index (χ0v) is 15.6. The fraction of sp³-hybridized carbons (Fsp3) is 0.263. The maximum atomic E-state index is 12.7. The first-order chi connectivity index (χ1) is 12.3. The monoisotopic (exact) mass is 392 g/mol. The van der Waals surface area contributed by atoms with E-state index in [1.165, 1.54) is 19.1 Å². The average molecular weight is 393 g/mol. The lowest BCUT2D eigenvalue weighted by molar-refractivity contribution is -0.105. The van der Waals surface area contributed by atoms with Crippen LogP contribution in [0.15, 0.2) is 36.4 Å². The minimum Gasteiger partial charge on any atom is -0.385 e. The molecule has 3 rings (SSSR count). The summed E-state index contributed by atoms with van der Waals surface area (Å²) in [7, 11) is 0. The number of hydrogen-bond acceptors (Lipinski definition) is 4. The summed E-state index contributed by atoms with van der Waals surface area (Å²) in [6, 6.07) is 10.3. The first kappa shape index (κ1) is 18.7. The van der Waals surface area contributed by atoms with Gasteiger partial charge in [-0.25, -0.2) is 0 Å². The van der Waals surface area contributed by atoms with Crippen LogP contribution in [0.25, 0.3) is 0 Å². The zero-order chi connectivity index (χ0) is 18.9. The van der Waals surface area contributed by atoms with Crippen molar-refractivity contribution in [1.82, 2.24) is 0 Å². The molecule has 2 aromatic carbocycles. The third kappa shape index (κ3) is 3.85. The number of Topliss-reactive ketones (excluding diaryl/α,β-unsaturated/α-hetero) is 1. The Morgan fingerprint density at radius 1 is 1.19 bits per heavy atom. The van der Waals surface area contributed by atoms with Crippen LogP contribution < -0.4 is 10.2 Å². The Morgan fingerprint density at radius 3 is 2.38 bits per heavy atom. The predicted octanol–water partition coefficient (Wildman–Crippen LogP) is 3.86. The van der Waals surface area contributed by atoms with E-state index in [1.54, 1.807) is 12.1 Å². The summed E-state index contributed by atoms with van der Waals surface area (Å²) in [4.78, 5) is 25.7. The molecule has 26 heavy (non-hydrogen) atoms. The van der Waals surface area contributed by atoms with E-state index in [4.69, 9.17) is 23.2 Å². The molecule has 1 unspecified atom stereocenters. The lowest BCUT2D eigenvalue weighted by Crippen LogP contribution is -2.27. The Labute approximate surface area is 161 Å². The summed E-state index contributed by atoms with van der Waals surface area (Å²) in [5.74, 6) is -0.236. The molecule has 1 aliphatic heterocycles. The van der Waals surface area contributed by atoms with E-state index in [-0.39, 0.29) is 33.5 Å². The molecule has 136 valence electrons. The zero-order valence-electron chi connectivity index (χ0n) is 14.1. The van der Waals surface area contributed by atoms with Crippen molar-refractivity contribution in [3.05, 3.63) is 57.6 Å². The normalized spacial score (nSPS) is 15.3. The van der Waals surface area contributed by atoms with Gasteiger partial charge in [0.2, 0.25) is 6.41 Å². The number of nitrogens with zero attached hydrogens (tertiary/aromatic N) is 1. The van der Waals surface area contributed by atoms with Gasteiger partial charge in [0.25, 0.3) is 0 Å². The Kier molecular flexibility index (Phi) is 5.23. The number of ketones is 1. The van der Waals surface area contributed by atoms with Crippen LogP contribution >= 0.6 is 23.2 Å². The Morgan fingerprint density at radius 2 is 1.81 bits per heavy atom. The van der Waals surface area contributed by atoms with Crippen molar-refractivity contribution in [3.8, 4) is 0 Å². The number of anilines is 2. The smallest absolute Gasteiger partial charge is 0.211 e. The van der Waals surface area contributed by atoms with Gasteiger partial charge in [-0.3, -0.25) is 9.59 Å². The first-order valence-corrected chi connectivity index (χ1v) is 8.88. The molecule has 0 bridgehead atoms. The lowest BCUT2D eigenvalue weighted by Gasteiger charge is -2.27. The van der Waals surface area contributed by atoms with Gasteiger partial charge in [-0.15, -0.1) is 0 Å². The van der Waals surface area contributed by atoms with Crippen LogP contribution in [0.4, 0.5) is 11.4 Å². The van der Waals surface area contributed by atoms with Crippen LogP contribution in [-0.2, 0) is 10.4 Å². The number of carbonyl (C=O) groups excluding carboxylic acids is 2. The van der Waals surface area contributed by atoms with Crippen molar-refractivity contribution in [1.29, 1.82) is 0 Å². The van der Waals surface area contributed by atoms with Crippen LogP contribution in [0, 0.1) is 0 Å². The number of hydrogen-bond donors (Lipinski definition) is 2. The maximum absolute atomic E-state index is 12.7. The summed E-state index contributed by atoms with van der Waals surface area (Å²) < 4.78 is 0. The number of amides is 1. The fourth-order valence-electron chi connectivity index (χ4n) is 2.95. The van der Waals surface area contributed by atoms with E-state index in [2.05, 4.69) is 10.2 Å². The molecule has 1 amide bonds. The number of benzene rings is 2. The number of nitrogens with one attached hydrogen (secondary N) is 1. The van der Waals surface area contributed by atoms with E-state index >= 15 is 0 Å². The van der Waals surface area contributed by atoms with Gasteiger partial charge < -0.3 is 15.3 Å². The van der Waals surface area contributed by atoms with E-state index < -0.39 is 5.60 Å². The molecule has 2 aromatic rings. The summed E-state index contributed by atoms with van der Waals surface area (Å²) in [6.45, 7) is 3.53. The van der Waals surface area contributed by atoms with Crippen molar-refractivity contribution in [2.45, 2.75) is 18.9 Å². The van der Waals surface area contributed by atoms with Crippen LogP contribution in [0.5, 0.6) is 0 Å². The van der Waals surface area contributed by atoms with Crippen molar-refractivity contribution >= 4 is 46.8 Å². The Bertz CT molecular complexity index is 847. The van der Waals surface area contributed by atoms with E-state index in [0.717, 1.165) is 18.8 Å². The van der Waals surface area contributed by atoms with E-state index in [9.17, 15) is 14.7 Å². The molecule has 0 spiro atoms. The van der Waals surface area contributed by atoms with Gasteiger partial charge in [-0.05, 0) is 43.3 Å². The molecule has 0 aliphatic carbocycles. The third-order valence-electron chi connectivity index (χ3n) is 4.35. The molecule has 1 atom stereocenters. The fourth-order valence-corrected chi connectivity index (χ4v) is 3.52. The van der Waals surface area contributed by atoms with Gasteiger partial charge in [-0.1, -0.05) is 23.2 Å². The molecular weight excluding hydrogens is 375 g/mol. The summed E-state index contributed by atoms with van der Waals surface area (Å²) in [5.41, 5.74) is 0.377. The molecule has 1 heterocycles. The summed E-state index contributed by atoms with van der Waals surface area (Å²) >= 11 is 12.3. The van der Waals surface area contributed by atoms with Crippen LogP contribution in [0.3, 0.4) is 0 Å². The molecule has 0 radical (unpaired) electrons. The molecule has 0 saturated carbocycles. The van der Waals surface area contributed by atoms with E-state index in [1.807, 2.05) is 12.1 Å². The molecule has 5 nitrogen and oxygen atoms in total. The van der Waals surface area contributed by atoms with E-state index in [0.29, 0.717) is 12.0 Å².